The second kappa shape index (κ2) is 9.84. The van der Waals surface area contributed by atoms with Crippen molar-refractivity contribution >= 4 is 5.91 Å². The van der Waals surface area contributed by atoms with Crippen LogP contribution in [0.25, 0.3) is 0 Å². The molecule has 142 valence electrons. The van der Waals surface area contributed by atoms with E-state index in [1.54, 1.807) is 45.4 Å². The normalized spacial score (nSPS) is 13.5. The van der Waals surface area contributed by atoms with E-state index in [0.717, 1.165) is 0 Å². The molecule has 1 unspecified atom stereocenters. The molecular weight excluding hydrogens is 326 g/mol. The summed E-state index contributed by atoms with van der Waals surface area (Å²) in [4.78, 5) is 12.2. The second-order valence-electron chi connectivity index (χ2n) is 5.89. The molecule has 0 aromatic heterocycles. The Morgan fingerprint density at radius 2 is 1.60 bits per heavy atom. The molecule has 0 aliphatic carbocycles. The minimum atomic E-state index is -1.25. The molecular formula is C18H29NO6. The predicted octanol–water partition coefficient (Wildman–Crippen LogP) is 1.61. The van der Waals surface area contributed by atoms with Gasteiger partial charge < -0.3 is 29.4 Å². The highest BCUT2D eigenvalue weighted by Crippen LogP contribution is 2.26. The molecule has 0 heterocycles. The number of ether oxygens (including phenoxy) is 4. The van der Waals surface area contributed by atoms with Crippen molar-refractivity contribution in [3.8, 4) is 0 Å². The van der Waals surface area contributed by atoms with Crippen molar-refractivity contribution in [3.63, 3.8) is 0 Å². The Bertz CT molecular complexity index is 514. The van der Waals surface area contributed by atoms with Crippen LogP contribution < -0.4 is 5.32 Å². The Labute approximate surface area is 149 Å². The average Bonchev–Trinajstić information content (AvgIpc) is 2.68. The number of benzene rings is 1. The van der Waals surface area contributed by atoms with E-state index in [9.17, 15) is 9.90 Å². The Kier molecular flexibility index (Phi) is 8.47. The van der Waals surface area contributed by atoms with Crippen LogP contribution in [0.1, 0.15) is 31.4 Å². The van der Waals surface area contributed by atoms with Crippen LogP contribution in [0.3, 0.4) is 0 Å². The number of aliphatic hydroxyl groups excluding tert-OH is 1. The molecule has 1 aromatic carbocycles. The summed E-state index contributed by atoms with van der Waals surface area (Å²) >= 11 is 0. The van der Waals surface area contributed by atoms with E-state index in [0.29, 0.717) is 18.4 Å². The van der Waals surface area contributed by atoms with E-state index >= 15 is 0 Å². The number of hydrogen-bond acceptors (Lipinski definition) is 6. The van der Waals surface area contributed by atoms with E-state index in [1.165, 1.54) is 14.2 Å². The summed E-state index contributed by atoms with van der Waals surface area (Å²) in [6.45, 7) is 1.88. The fourth-order valence-corrected chi connectivity index (χ4v) is 2.33. The first kappa shape index (κ1) is 21.5. The summed E-state index contributed by atoms with van der Waals surface area (Å²) < 4.78 is 21.6. The zero-order valence-corrected chi connectivity index (χ0v) is 15.6. The summed E-state index contributed by atoms with van der Waals surface area (Å²) in [5.74, 6) is -2.36. The SMILES string of the molecule is COC(C)(CCC(CNC(=O)C(O)c1ccccc1)(OC)OC)OC. The zero-order chi connectivity index (χ0) is 18.9. The zero-order valence-electron chi connectivity index (χ0n) is 15.6. The molecule has 1 aromatic rings. The van der Waals surface area contributed by atoms with Gasteiger partial charge in [-0.15, -0.1) is 0 Å². The summed E-state index contributed by atoms with van der Waals surface area (Å²) in [6.07, 6.45) is -0.352. The fourth-order valence-electron chi connectivity index (χ4n) is 2.33. The van der Waals surface area contributed by atoms with Gasteiger partial charge in [0.15, 0.2) is 17.7 Å². The molecule has 1 rings (SSSR count). The molecule has 0 bridgehead atoms. The van der Waals surface area contributed by atoms with Crippen molar-refractivity contribution in [1.82, 2.24) is 5.32 Å². The van der Waals surface area contributed by atoms with E-state index in [1.807, 2.05) is 6.07 Å². The van der Waals surface area contributed by atoms with Gasteiger partial charge >= 0.3 is 0 Å². The van der Waals surface area contributed by atoms with Crippen molar-refractivity contribution in [2.75, 3.05) is 35.0 Å². The maximum Gasteiger partial charge on any atom is 0.253 e. The quantitative estimate of drug-likeness (QED) is 0.587. The van der Waals surface area contributed by atoms with Crippen LogP contribution in [0.2, 0.25) is 0 Å². The van der Waals surface area contributed by atoms with Gasteiger partial charge in [-0.2, -0.15) is 0 Å². The minimum absolute atomic E-state index is 0.0756. The van der Waals surface area contributed by atoms with Gasteiger partial charge in [0.2, 0.25) is 0 Å². The number of amides is 1. The van der Waals surface area contributed by atoms with Gasteiger partial charge in [0.1, 0.15) is 0 Å². The third-order valence-corrected chi connectivity index (χ3v) is 4.46. The highest BCUT2D eigenvalue weighted by Gasteiger charge is 2.35. The third-order valence-electron chi connectivity index (χ3n) is 4.46. The van der Waals surface area contributed by atoms with Crippen LogP contribution in [-0.4, -0.2) is 57.6 Å². The molecule has 0 spiro atoms. The number of carbonyl (C=O) groups is 1. The lowest BCUT2D eigenvalue weighted by atomic mass is 10.0. The number of aliphatic hydroxyl groups is 1. The molecule has 0 saturated heterocycles. The van der Waals surface area contributed by atoms with Crippen LogP contribution in [0.5, 0.6) is 0 Å². The first-order chi connectivity index (χ1) is 11.8. The summed E-state index contributed by atoms with van der Waals surface area (Å²) in [5.41, 5.74) is 0.520. The molecule has 0 saturated carbocycles. The Morgan fingerprint density at radius 3 is 2.08 bits per heavy atom. The van der Waals surface area contributed by atoms with Crippen LogP contribution in [0, 0.1) is 0 Å². The highest BCUT2D eigenvalue weighted by atomic mass is 16.7. The second-order valence-corrected chi connectivity index (χ2v) is 5.89. The first-order valence-electron chi connectivity index (χ1n) is 8.06. The molecule has 2 N–H and O–H groups in total. The van der Waals surface area contributed by atoms with Gasteiger partial charge in [0.25, 0.3) is 5.91 Å². The minimum Gasteiger partial charge on any atom is -0.378 e. The van der Waals surface area contributed by atoms with E-state index in [2.05, 4.69) is 5.32 Å². The number of hydrogen-bond donors (Lipinski definition) is 2. The van der Waals surface area contributed by atoms with Gasteiger partial charge in [0.05, 0.1) is 6.54 Å². The Balaban J connectivity index is 2.69. The van der Waals surface area contributed by atoms with Gasteiger partial charge in [-0.25, -0.2) is 0 Å². The van der Waals surface area contributed by atoms with Gasteiger partial charge in [-0.05, 0) is 12.5 Å². The van der Waals surface area contributed by atoms with Gasteiger partial charge in [0, 0.05) is 41.3 Å². The molecule has 1 atom stereocenters. The molecule has 0 aliphatic rings. The van der Waals surface area contributed by atoms with Crippen LogP contribution in [0.15, 0.2) is 30.3 Å². The van der Waals surface area contributed by atoms with E-state index < -0.39 is 23.6 Å². The summed E-state index contributed by atoms with van der Waals surface area (Å²) in [6, 6.07) is 8.71. The van der Waals surface area contributed by atoms with Crippen molar-refractivity contribution in [1.29, 1.82) is 0 Å². The fraction of sp³-hybridized carbons (Fsp3) is 0.611. The summed E-state index contributed by atoms with van der Waals surface area (Å²) in [7, 11) is 6.12. The molecule has 1 amide bonds. The first-order valence-corrected chi connectivity index (χ1v) is 8.06. The van der Waals surface area contributed by atoms with Crippen molar-refractivity contribution in [3.05, 3.63) is 35.9 Å². The van der Waals surface area contributed by atoms with Crippen molar-refractivity contribution in [2.24, 2.45) is 0 Å². The lowest BCUT2D eigenvalue weighted by Crippen LogP contribution is -2.48. The molecule has 7 nitrogen and oxygen atoms in total. The van der Waals surface area contributed by atoms with Gasteiger partial charge in [-0.3, -0.25) is 4.79 Å². The molecule has 0 aliphatic heterocycles. The maximum absolute atomic E-state index is 12.2. The van der Waals surface area contributed by atoms with E-state index in [4.69, 9.17) is 18.9 Å². The lowest BCUT2D eigenvalue weighted by Gasteiger charge is -2.35. The highest BCUT2D eigenvalue weighted by molar-refractivity contribution is 5.81. The van der Waals surface area contributed by atoms with Crippen LogP contribution >= 0.6 is 0 Å². The number of carbonyl (C=O) groups excluding carboxylic acids is 1. The topological polar surface area (TPSA) is 86.3 Å². The molecule has 0 radical (unpaired) electrons. The van der Waals surface area contributed by atoms with Crippen molar-refractivity contribution < 1.29 is 28.8 Å². The third kappa shape index (κ3) is 6.05. The number of rotatable bonds is 11. The molecule has 0 fully saturated rings. The Hall–Kier alpha value is -1.51. The van der Waals surface area contributed by atoms with E-state index in [-0.39, 0.29) is 6.54 Å². The van der Waals surface area contributed by atoms with Crippen molar-refractivity contribution in [2.45, 2.75) is 37.4 Å². The Morgan fingerprint density at radius 1 is 1.04 bits per heavy atom. The average molecular weight is 355 g/mol. The predicted molar refractivity (Wildman–Crippen MR) is 92.8 cm³/mol. The smallest absolute Gasteiger partial charge is 0.253 e. The van der Waals surface area contributed by atoms with Gasteiger partial charge in [-0.1, -0.05) is 30.3 Å². The lowest BCUT2D eigenvalue weighted by molar-refractivity contribution is -0.240. The van der Waals surface area contributed by atoms with Crippen LogP contribution in [-0.2, 0) is 23.7 Å². The maximum atomic E-state index is 12.2. The standard InChI is InChI=1S/C18H29NO6/c1-17(22-2,23-3)11-12-18(24-4,25-5)13-19-16(21)15(20)14-9-7-6-8-10-14/h6-10,15,20H,11-13H2,1-5H3,(H,19,21). The number of methoxy groups -OCH3 is 4. The monoisotopic (exact) mass is 355 g/mol. The molecule has 25 heavy (non-hydrogen) atoms. The van der Waals surface area contributed by atoms with Crippen LogP contribution in [0.4, 0.5) is 0 Å². The largest absolute Gasteiger partial charge is 0.378 e. The number of nitrogens with one attached hydrogen (secondary N) is 1. The molecule has 7 heteroatoms. The summed E-state index contributed by atoms with van der Waals surface area (Å²) in [5, 5.41) is 12.8.